The molecule has 0 aliphatic rings. The average Bonchev–Trinajstić information content (AvgIpc) is 3.17. The van der Waals surface area contributed by atoms with Gasteiger partial charge in [-0.15, -0.1) is 0 Å². The first kappa shape index (κ1) is 53.5. The fourth-order valence-electron chi connectivity index (χ4n) is 6.41. The Morgan fingerprint density at radius 2 is 0.982 bits per heavy atom. The number of unbranched alkanes of at least 4 members (excludes halogenated alkanes) is 26. The van der Waals surface area contributed by atoms with Gasteiger partial charge in [-0.2, -0.15) is 0 Å². The summed E-state index contributed by atoms with van der Waals surface area (Å²) < 4.78 is 26.9. The molecule has 0 heterocycles. The first-order chi connectivity index (χ1) is 26.8. The van der Waals surface area contributed by atoms with Crippen LogP contribution in [-0.2, 0) is 27.9 Å². The van der Waals surface area contributed by atoms with Crippen LogP contribution >= 0.6 is 7.82 Å². The summed E-state index contributed by atoms with van der Waals surface area (Å²) in [4.78, 5) is 33.9. The zero-order valence-corrected chi connectivity index (χ0v) is 36.5. The number of carbonyl (C=O) groups is 2. The quantitative estimate of drug-likeness (QED) is 0.0240. The molecule has 0 aromatic carbocycles. The monoisotopic (exact) mass is 800 g/mol. The lowest BCUT2D eigenvalue weighted by Gasteiger charge is -2.15. The first-order valence-electron chi connectivity index (χ1n) is 22.8. The minimum absolute atomic E-state index is 0.0852. The van der Waals surface area contributed by atoms with Gasteiger partial charge in [0, 0.05) is 19.4 Å². The summed E-state index contributed by atoms with van der Waals surface area (Å²) in [7, 11) is -4.41. The third-order valence-corrected chi connectivity index (χ3v) is 10.9. The molecule has 324 valence electrons. The van der Waals surface area contributed by atoms with E-state index in [4.69, 9.17) is 13.8 Å². The molecule has 0 fully saturated rings. The van der Waals surface area contributed by atoms with Crippen molar-refractivity contribution in [3.8, 4) is 0 Å². The average molecular weight is 800 g/mol. The largest absolute Gasteiger partial charge is 0.472 e. The summed E-state index contributed by atoms with van der Waals surface area (Å²) in [5, 5.41) is 12.7. The maximum Gasteiger partial charge on any atom is 0.472 e. The van der Waals surface area contributed by atoms with Gasteiger partial charge in [-0.1, -0.05) is 186 Å². The lowest BCUT2D eigenvalue weighted by atomic mass is 10.0. The van der Waals surface area contributed by atoms with Gasteiger partial charge in [0.25, 0.3) is 0 Å². The lowest BCUT2D eigenvalue weighted by Crippen LogP contribution is -2.27. The molecule has 0 rings (SSSR count). The van der Waals surface area contributed by atoms with E-state index in [-0.39, 0.29) is 32.1 Å². The number of ether oxygens (including phenoxy) is 1. The van der Waals surface area contributed by atoms with Gasteiger partial charge in [-0.05, 0) is 44.9 Å². The van der Waals surface area contributed by atoms with Crippen molar-refractivity contribution in [3.05, 3.63) is 24.3 Å². The molecule has 2 unspecified atom stereocenters. The van der Waals surface area contributed by atoms with Gasteiger partial charge in [-0.25, -0.2) is 4.57 Å². The van der Waals surface area contributed by atoms with Crippen LogP contribution in [0.5, 0.6) is 0 Å². The van der Waals surface area contributed by atoms with Crippen molar-refractivity contribution in [2.75, 3.05) is 26.4 Å². The van der Waals surface area contributed by atoms with Crippen molar-refractivity contribution < 1.29 is 37.9 Å². The fraction of sp³-hybridized carbons (Fsp3) is 0.867. The Labute approximate surface area is 338 Å². The standard InChI is InChI=1S/C45H86NO8P/c1-3-5-7-9-11-13-15-17-18-19-20-21-22-23-24-26-28-30-32-34-36-38-45(49)52-41-43(47)42-54-55(50,51)53-40-39-46-44(48)37-35-33-31-29-27-25-16-14-12-10-8-6-4-2/h11,13,17-18,43,47H,3-10,12,14-16,19-42H2,1-2H3,(H,46,48)(H,50,51)/b13-11-,18-17-. The second-order valence-electron chi connectivity index (χ2n) is 15.4. The van der Waals surface area contributed by atoms with E-state index in [2.05, 4.69) is 43.5 Å². The van der Waals surface area contributed by atoms with Gasteiger partial charge in [0.05, 0.1) is 13.2 Å². The van der Waals surface area contributed by atoms with E-state index >= 15 is 0 Å². The Hall–Kier alpha value is -1.51. The second kappa shape index (κ2) is 42.1. The molecule has 55 heavy (non-hydrogen) atoms. The summed E-state index contributed by atoms with van der Waals surface area (Å²) in [6.07, 6.45) is 45.3. The summed E-state index contributed by atoms with van der Waals surface area (Å²) in [6.45, 7) is 3.55. The molecule has 1 amide bonds. The second-order valence-corrected chi connectivity index (χ2v) is 16.8. The highest BCUT2D eigenvalue weighted by Gasteiger charge is 2.23. The zero-order valence-electron chi connectivity index (χ0n) is 35.6. The molecule has 3 N–H and O–H groups in total. The number of hydrogen-bond acceptors (Lipinski definition) is 7. The predicted octanol–water partition coefficient (Wildman–Crippen LogP) is 12.8. The zero-order chi connectivity index (χ0) is 40.3. The molecule has 2 atom stereocenters. The molecule has 0 aromatic rings. The van der Waals surface area contributed by atoms with Crippen LogP contribution in [0.1, 0.15) is 219 Å². The fourth-order valence-corrected chi connectivity index (χ4v) is 7.17. The third kappa shape index (κ3) is 43.5. The van der Waals surface area contributed by atoms with Crippen molar-refractivity contribution in [2.45, 2.75) is 225 Å². The van der Waals surface area contributed by atoms with Gasteiger partial charge < -0.3 is 20.1 Å². The number of phosphoric ester groups is 1. The van der Waals surface area contributed by atoms with Crippen LogP contribution in [0.4, 0.5) is 0 Å². The van der Waals surface area contributed by atoms with E-state index in [0.29, 0.717) is 6.42 Å². The highest BCUT2D eigenvalue weighted by molar-refractivity contribution is 7.47. The summed E-state index contributed by atoms with van der Waals surface area (Å²) in [5.41, 5.74) is 0. The van der Waals surface area contributed by atoms with E-state index in [0.717, 1.165) is 44.9 Å². The highest BCUT2D eigenvalue weighted by atomic mass is 31.2. The summed E-state index contributed by atoms with van der Waals surface area (Å²) in [5.74, 6) is -0.512. The highest BCUT2D eigenvalue weighted by Crippen LogP contribution is 2.42. The molecule has 0 aliphatic heterocycles. The summed E-state index contributed by atoms with van der Waals surface area (Å²) in [6, 6.07) is 0. The van der Waals surface area contributed by atoms with Crippen molar-refractivity contribution >= 4 is 19.7 Å². The molecule has 9 nitrogen and oxygen atoms in total. The minimum Gasteiger partial charge on any atom is -0.463 e. The van der Waals surface area contributed by atoms with E-state index in [1.165, 1.54) is 148 Å². The molecular weight excluding hydrogens is 713 g/mol. The number of rotatable bonds is 43. The maximum atomic E-state index is 12.1. The molecule has 10 heteroatoms. The van der Waals surface area contributed by atoms with Crippen LogP contribution in [0, 0.1) is 0 Å². The van der Waals surface area contributed by atoms with Crippen LogP contribution < -0.4 is 5.32 Å². The molecule has 0 aromatic heterocycles. The molecule has 0 saturated carbocycles. The molecule has 0 bridgehead atoms. The summed E-state index contributed by atoms with van der Waals surface area (Å²) >= 11 is 0. The SMILES string of the molecule is CCCCC/C=C\C/C=C\CCCCCCCCCCCCCC(=O)OCC(O)COP(=O)(O)OCCNC(=O)CCCCCCCCCCCCCCC. The van der Waals surface area contributed by atoms with Crippen molar-refractivity contribution in [2.24, 2.45) is 0 Å². The molecule has 0 spiro atoms. The van der Waals surface area contributed by atoms with Crippen molar-refractivity contribution in [3.63, 3.8) is 0 Å². The molecule has 0 aliphatic carbocycles. The van der Waals surface area contributed by atoms with Gasteiger partial charge in [0.2, 0.25) is 5.91 Å². The van der Waals surface area contributed by atoms with Crippen LogP contribution in [0.2, 0.25) is 0 Å². The van der Waals surface area contributed by atoms with E-state index in [1.807, 2.05) is 0 Å². The smallest absolute Gasteiger partial charge is 0.463 e. The normalized spacial score (nSPS) is 13.5. The third-order valence-electron chi connectivity index (χ3n) is 9.88. The van der Waals surface area contributed by atoms with Crippen LogP contribution in [-0.4, -0.2) is 54.3 Å². The number of carbonyl (C=O) groups excluding carboxylic acids is 2. The number of esters is 1. The maximum absolute atomic E-state index is 12.1. The predicted molar refractivity (Wildman–Crippen MR) is 229 cm³/mol. The number of allylic oxidation sites excluding steroid dienone is 4. The van der Waals surface area contributed by atoms with E-state index < -0.39 is 26.5 Å². The Balaban J connectivity index is 3.56. The Kier molecular flexibility index (Phi) is 40.9. The van der Waals surface area contributed by atoms with Gasteiger partial charge in [0.1, 0.15) is 12.7 Å². The lowest BCUT2D eigenvalue weighted by molar-refractivity contribution is -0.147. The van der Waals surface area contributed by atoms with Crippen molar-refractivity contribution in [1.29, 1.82) is 0 Å². The van der Waals surface area contributed by atoms with Crippen LogP contribution in [0.15, 0.2) is 24.3 Å². The minimum atomic E-state index is -4.41. The Morgan fingerprint density at radius 3 is 1.49 bits per heavy atom. The van der Waals surface area contributed by atoms with Gasteiger partial charge >= 0.3 is 13.8 Å². The molecule has 0 saturated heterocycles. The number of hydrogen-bond donors (Lipinski definition) is 3. The number of amides is 1. The molecular formula is C45H86NO8P. The number of phosphoric acid groups is 1. The Morgan fingerprint density at radius 1 is 0.564 bits per heavy atom. The van der Waals surface area contributed by atoms with E-state index in [1.54, 1.807) is 0 Å². The van der Waals surface area contributed by atoms with Gasteiger partial charge in [0.15, 0.2) is 0 Å². The topological polar surface area (TPSA) is 131 Å². The van der Waals surface area contributed by atoms with Crippen molar-refractivity contribution in [1.82, 2.24) is 5.32 Å². The number of aliphatic hydroxyl groups is 1. The molecule has 0 radical (unpaired) electrons. The van der Waals surface area contributed by atoms with Gasteiger partial charge in [-0.3, -0.25) is 18.6 Å². The number of aliphatic hydroxyl groups excluding tert-OH is 1. The number of nitrogens with one attached hydrogen (secondary N) is 1. The van der Waals surface area contributed by atoms with Crippen LogP contribution in [0.25, 0.3) is 0 Å². The first-order valence-corrected chi connectivity index (χ1v) is 24.3. The Bertz CT molecular complexity index is 959. The van der Waals surface area contributed by atoms with E-state index in [9.17, 15) is 24.2 Å². The van der Waals surface area contributed by atoms with Crippen LogP contribution in [0.3, 0.4) is 0 Å².